The lowest BCUT2D eigenvalue weighted by Gasteiger charge is -2.14. The van der Waals surface area contributed by atoms with Gasteiger partial charge in [-0.3, -0.25) is 4.98 Å². The molecule has 5 nitrogen and oxygen atoms in total. The van der Waals surface area contributed by atoms with Crippen molar-refractivity contribution >= 4 is 16.6 Å². The highest BCUT2D eigenvalue weighted by molar-refractivity contribution is 5.88. The summed E-state index contributed by atoms with van der Waals surface area (Å²) in [5, 5.41) is 0.860. The molecule has 3 rings (SSSR count). The van der Waals surface area contributed by atoms with Crippen LogP contribution in [0.15, 0.2) is 48.7 Å². The van der Waals surface area contributed by atoms with Crippen molar-refractivity contribution in [1.82, 2.24) is 4.98 Å². The average Bonchev–Trinajstić information content (AvgIpc) is 2.63. The number of nitrogens with zero attached hydrogens (tertiary/aromatic N) is 1. The SMILES string of the molecule is CCCCOc1cc2nccc(Oc3ccc(N)cc3)c2cc1OC. The molecule has 2 aromatic carbocycles. The third kappa shape index (κ3) is 3.94. The van der Waals surface area contributed by atoms with Crippen LogP contribution < -0.4 is 19.9 Å². The third-order valence-electron chi connectivity index (χ3n) is 3.85. The summed E-state index contributed by atoms with van der Waals surface area (Å²) in [5.74, 6) is 2.77. The van der Waals surface area contributed by atoms with E-state index in [0.29, 0.717) is 35.3 Å². The van der Waals surface area contributed by atoms with Crippen LogP contribution in [0, 0.1) is 0 Å². The van der Waals surface area contributed by atoms with Gasteiger partial charge in [0.15, 0.2) is 11.5 Å². The summed E-state index contributed by atoms with van der Waals surface area (Å²) in [4.78, 5) is 4.43. The maximum Gasteiger partial charge on any atom is 0.163 e. The molecular weight excluding hydrogens is 316 g/mol. The minimum absolute atomic E-state index is 0.653. The summed E-state index contributed by atoms with van der Waals surface area (Å²) in [6.07, 6.45) is 3.79. The number of rotatable bonds is 7. The number of benzene rings is 2. The van der Waals surface area contributed by atoms with E-state index < -0.39 is 0 Å². The second-order valence-electron chi connectivity index (χ2n) is 5.70. The minimum Gasteiger partial charge on any atom is -0.493 e. The van der Waals surface area contributed by atoms with Crippen LogP contribution in [0.5, 0.6) is 23.0 Å². The van der Waals surface area contributed by atoms with Crippen molar-refractivity contribution in [2.75, 3.05) is 19.5 Å². The van der Waals surface area contributed by atoms with E-state index in [1.165, 1.54) is 0 Å². The number of pyridine rings is 1. The second-order valence-corrected chi connectivity index (χ2v) is 5.70. The van der Waals surface area contributed by atoms with Gasteiger partial charge in [-0.1, -0.05) is 13.3 Å². The monoisotopic (exact) mass is 338 g/mol. The Morgan fingerprint density at radius 2 is 1.80 bits per heavy atom. The van der Waals surface area contributed by atoms with E-state index in [1.807, 2.05) is 30.3 Å². The summed E-state index contributed by atoms with van der Waals surface area (Å²) in [7, 11) is 1.63. The van der Waals surface area contributed by atoms with Gasteiger partial charge >= 0.3 is 0 Å². The van der Waals surface area contributed by atoms with Crippen LogP contribution in [-0.2, 0) is 0 Å². The maximum atomic E-state index is 5.99. The summed E-state index contributed by atoms with van der Waals surface area (Å²) >= 11 is 0. The zero-order valence-corrected chi connectivity index (χ0v) is 14.5. The topological polar surface area (TPSA) is 66.6 Å². The van der Waals surface area contributed by atoms with Crippen molar-refractivity contribution in [3.8, 4) is 23.0 Å². The largest absolute Gasteiger partial charge is 0.493 e. The van der Waals surface area contributed by atoms with Gasteiger partial charge in [-0.2, -0.15) is 0 Å². The lowest BCUT2D eigenvalue weighted by Crippen LogP contribution is -1.99. The zero-order valence-electron chi connectivity index (χ0n) is 14.5. The van der Waals surface area contributed by atoms with E-state index >= 15 is 0 Å². The van der Waals surface area contributed by atoms with E-state index in [4.69, 9.17) is 19.9 Å². The molecular formula is C20H22N2O3. The first-order valence-electron chi connectivity index (χ1n) is 8.34. The molecule has 0 spiro atoms. The van der Waals surface area contributed by atoms with Crippen LogP contribution in [-0.4, -0.2) is 18.7 Å². The van der Waals surface area contributed by atoms with Gasteiger partial charge in [0.05, 0.1) is 19.2 Å². The first kappa shape index (κ1) is 16.9. The predicted molar refractivity (Wildman–Crippen MR) is 99.6 cm³/mol. The number of anilines is 1. The van der Waals surface area contributed by atoms with Crippen LogP contribution in [0.1, 0.15) is 19.8 Å². The highest BCUT2D eigenvalue weighted by Crippen LogP contribution is 2.37. The number of ether oxygens (including phenoxy) is 3. The smallest absolute Gasteiger partial charge is 0.163 e. The maximum absolute atomic E-state index is 5.99. The highest BCUT2D eigenvalue weighted by Gasteiger charge is 2.12. The molecule has 0 unspecified atom stereocenters. The molecule has 1 aromatic heterocycles. The number of hydrogen-bond donors (Lipinski definition) is 1. The fourth-order valence-electron chi connectivity index (χ4n) is 2.48. The van der Waals surface area contributed by atoms with Crippen LogP contribution in [0.3, 0.4) is 0 Å². The number of unbranched alkanes of at least 4 members (excludes halogenated alkanes) is 1. The van der Waals surface area contributed by atoms with E-state index in [1.54, 1.807) is 25.4 Å². The van der Waals surface area contributed by atoms with E-state index in [9.17, 15) is 0 Å². The molecule has 0 radical (unpaired) electrons. The van der Waals surface area contributed by atoms with Gasteiger partial charge in [0.1, 0.15) is 11.5 Å². The molecule has 0 bridgehead atoms. The Morgan fingerprint density at radius 3 is 2.52 bits per heavy atom. The molecule has 0 fully saturated rings. The van der Waals surface area contributed by atoms with Crippen LogP contribution in [0.4, 0.5) is 5.69 Å². The summed E-state index contributed by atoms with van der Waals surface area (Å²) in [6, 6.07) is 12.9. The average molecular weight is 338 g/mol. The number of nitrogens with two attached hydrogens (primary N) is 1. The molecule has 3 aromatic rings. The van der Waals surface area contributed by atoms with E-state index in [-0.39, 0.29) is 0 Å². The summed E-state index contributed by atoms with van der Waals surface area (Å²) in [5.41, 5.74) is 7.21. The Balaban J connectivity index is 1.95. The van der Waals surface area contributed by atoms with Gasteiger partial charge in [0.25, 0.3) is 0 Å². The molecule has 0 saturated carbocycles. The molecule has 0 aliphatic heterocycles. The Bertz CT molecular complexity index is 847. The molecule has 0 atom stereocenters. The molecule has 25 heavy (non-hydrogen) atoms. The minimum atomic E-state index is 0.653. The first-order valence-corrected chi connectivity index (χ1v) is 8.34. The third-order valence-corrected chi connectivity index (χ3v) is 3.85. The van der Waals surface area contributed by atoms with Crippen molar-refractivity contribution in [2.45, 2.75) is 19.8 Å². The van der Waals surface area contributed by atoms with Gasteiger partial charge < -0.3 is 19.9 Å². The van der Waals surface area contributed by atoms with Crippen LogP contribution in [0.2, 0.25) is 0 Å². The fourth-order valence-corrected chi connectivity index (χ4v) is 2.48. The Kier molecular flexibility index (Phi) is 5.23. The molecule has 0 aliphatic carbocycles. The predicted octanol–water partition coefficient (Wildman–Crippen LogP) is 4.80. The molecule has 2 N–H and O–H groups in total. The summed E-state index contributed by atoms with van der Waals surface area (Å²) < 4.78 is 17.3. The number of methoxy groups -OCH3 is 1. The van der Waals surface area contributed by atoms with Gasteiger partial charge in [-0.15, -0.1) is 0 Å². The van der Waals surface area contributed by atoms with Gasteiger partial charge in [-0.25, -0.2) is 0 Å². The quantitative estimate of drug-likeness (QED) is 0.495. The van der Waals surface area contributed by atoms with Crippen LogP contribution in [0.25, 0.3) is 10.9 Å². The lowest BCUT2D eigenvalue weighted by atomic mass is 10.1. The van der Waals surface area contributed by atoms with Crippen molar-refractivity contribution in [3.05, 3.63) is 48.7 Å². The second kappa shape index (κ2) is 7.75. The van der Waals surface area contributed by atoms with Crippen molar-refractivity contribution in [1.29, 1.82) is 0 Å². The lowest BCUT2D eigenvalue weighted by molar-refractivity contribution is 0.289. The normalized spacial score (nSPS) is 10.6. The van der Waals surface area contributed by atoms with Gasteiger partial charge in [0, 0.05) is 23.3 Å². The fraction of sp³-hybridized carbons (Fsp3) is 0.250. The molecule has 0 amide bonds. The van der Waals surface area contributed by atoms with Crippen molar-refractivity contribution in [3.63, 3.8) is 0 Å². The van der Waals surface area contributed by atoms with E-state index in [0.717, 1.165) is 23.7 Å². The van der Waals surface area contributed by atoms with Crippen LogP contribution >= 0.6 is 0 Å². The standard InChI is InChI=1S/C20H22N2O3/c1-3-4-11-24-20-13-17-16(12-19(20)23-2)18(9-10-22-17)25-15-7-5-14(21)6-8-15/h5-10,12-13H,3-4,11,21H2,1-2H3. The molecule has 130 valence electrons. The van der Waals surface area contributed by atoms with Gasteiger partial charge in [-0.05, 0) is 42.8 Å². The Morgan fingerprint density at radius 1 is 1.00 bits per heavy atom. The number of nitrogen functional groups attached to an aromatic ring is 1. The van der Waals surface area contributed by atoms with Crippen molar-refractivity contribution in [2.24, 2.45) is 0 Å². The number of fused-ring (bicyclic) bond motifs is 1. The highest BCUT2D eigenvalue weighted by atomic mass is 16.5. The Hall–Kier alpha value is -2.95. The van der Waals surface area contributed by atoms with Gasteiger partial charge in [0.2, 0.25) is 0 Å². The van der Waals surface area contributed by atoms with Crippen molar-refractivity contribution < 1.29 is 14.2 Å². The zero-order chi connectivity index (χ0) is 17.6. The molecule has 0 aliphatic rings. The number of hydrogen-bond acceptors (Lipinski definition) is 5. The molecule has 0 saturated heterocycles. The Labute approximate surface area is 147 Å². The summed E-state index contributed by atoms with van der Waals surface area (Å²) in [6.45, 7) is 2.78. The molecule has 1 heterocycles. The number of aromatic nitrogens is 1. The first-order chi connectivity index (χ1) is 12.2. The van der Waals surface area contributed by atoms with E-state index in [2.05, 4.69) is 11.9 Å². The molecule has 5 heteroatoms.